The molecule has 0 radical (unpaired) electrons. The SMILES string of the molecule is COc1cc(OC)cc(C(=O)NCCn2nc(C)c([N+](=O)[O-])c2C)c1. The van der Waals surface area contributed by atoms with Crippen molar-refractivity contribution >= 4 is 11.6 Å². The molecule has 1 aromatic carbocycles. The van der Waals surface area contributed by atoms with Crippen molar-refractivity contribution in [3.8, 4) is 11.5 Å². The minimum atomic E-state index is -0.449. The Bertz CT molecular complexity index is 778. The van der Waals surface area contributed by atoms with Gasteiger partial charge in [-0.15, -0.1) is 0 Å². The molecule has 0 aliphatic rings. The number of hydrogen-bond donors (Lipinski definition) is 1. The van der Waals surface area contributed by atoms with Crippen molar-refractivity contribution in [1.82, 2.24) is 15.1 Å². The first-order valence-electron chi connectivity index (χ1n) is 7.57. The molecule has 9 nitrogen and oxygen atoms in total. The van der Waals surface area contributed by atoms with E-state index in [4.69, 9.17) is 9.47 Å². The number of benzene rings is 1. The maximum Gasteiger partial charge on any atom is 0.312 e. The summed E-state index contributed by atoms with van der Waals surface area (Å²) in [5.74, 6) is 0.727. The molecule has 1 heterocycles. The normalized spacial score (nSPS) is 10.4. The van der Waals surface area contributed by atoms with Crippen molar-refractivity contribution in [2.24, 2.45) is 0 Å². The lowest BCUT2D eigenvalue weighted by molar-refractivity contribution is -0.386. The lowest BCUT2D eigenvalue weighted by Gasteiger charge is -2.09. The average Bonchev–Trinajstić information content (AvgIpc) is 2.87. The molecule has 0 saturated carbocycles. The monoisotopic (exact) mass is 348 g/mol. The molecule has 1 N–H and O–H groups in total. The third-order valence-electron chi connectivity index (χ3n) is 3.75. The molecule has 1 amide bonds. The van der Waals surface area contributed by atoms with Crippen LogP contribution in [-0.2, 0) is 6.54 Å². The Balaban J connectivity index is 2.04. The van der Waals surface area contributed by atoms with Crippen molar-refractivity contribution in [2.45, 2.75) is 20.4 Å². The van der Waals surface area contributed by atoms with E-state index in [1.165, 1.54) is 18.9 Å². The molecular weight excluding hydrogens is 328 g/mol. The molecule has 0 atom stereocenters. The van der Waals surface area contributed by atoms with Crippen molar-refractivity contribution in [3.05, 3.63) is 45.3 Å². The summed E-state index contributed by atoms with van der Waals surface area (Å²) in [6.07, 6.45) is 0. The summed E-state index contributed by atoms with van der Waals surface area (Å²) in [6.45, 7) is 3.82. The first kappa shape index (κ1) is 18.2. The fraction of sp³-hybridized carbons (Fsp3) is 0.375. The lowest BCUT2D eigenvalue weighted by atomic mass is 10.2. The standard InChI is InChI=1S/C16H20N4O5/c1-10-15(20(22)23)11(2)19(18-10)6-5-17-16(21)12-7-13(24-3)9-14(8-12)25-4/h7-9H,5-6H2,1-4H3,(H,17,21). The first-order valence-corrected chi connectivity index (χ1v) is 7.57. The highest BCUT2D eigenvalue weighted by Gasteiger charge is 2.21. The number of rotatable bonds is 7. The molecule has 9 heteroatoms. The summed E-state index contributed by atoms with van der Waals surface area (Å²) in [7, 11) is 3.01. The lowest BCUT2D eigenvalue weighted by Crippen LogP contribution is -2.27. The molecule has 0 fully saturated rings. The number of nitrogens with one attached hydrogen (secondary N) is 1. The maximum absolute atomic E-state index is 12.3. The van der Waals surface area contributed by atoms with Gasteiger partial charge in [0.15, 0.2) is 0 Å². The zero-order valence-corrected chi connectivity index (χ0v) is 14.5. The number of nitrogens with zero attached hydrogens (tertiary/aromatic N) is 3. The Morgan fingerprint density at radius 3 is 2.32 bits per heavy atom. The van der Waals surface area contributed by atoms with Crippen LogP contribution in [-0.4, -0.2) is 41.4 Å². The molecule has 0 saturated heterocycles. The van der Waals surface area contributed by atoms with Crippen molar-refractivity contribution in [2.75, 3.05) is 20.8 Å². The van der Waals surface area contributed by atoms with Crippen LogP contribution in [0.5, 0.6) is 11.5 Å². The van der Waals surface area contributed by atoms with Gasteiger partial charge in [-0.3, -0.25) is 19.6 Å². The first-order chi connectivity index (χ1) is 11.9. The average molecular weight is 348 g/mol. The van der Waals surface area contributed by atoms with Gasteiger partial charge in [-0.2, -0.15) is 5.10 Å². The quantitative estimate of drug-likeness (QED) is 0.604. The number of hydrogen-bond acceptors (Lipinski definition) is 6. The topological polar surface area (TPSA) is 109 Å². The summed E-state index contributed by atoms with van der Waals surface area (Å²) in [5.41, 5.74) is 1.21. The third kappa shape index (κ3) is 4.06. The van der Waals surface area contributed by atoms with Crippen LogP contribution in [0.4, 0.5) is 5.69 Å². The van der Waals surface area contributed by atoms with Crippen molar-refractivity contribution in [1.29, 1.82) is 0 Å². The number of nitro groups is 1. The summed E-state index contributed by atoms with van der Waals surface area (Å²) < 4.78 is 11.8. The Morgan fingerprint density at radius 1 is 1.24 bits per heavy atom. The van der Waals surface area contributed by atoms with Gasteiger partial charge in [-0.05, 0) is 26.0 Å². The second-order valence-corrected chi connectivity index (χ2v) is 5.36. The number of aryl methyl sites for hydroxylation is 1. The largest absolute Gasteiger partial charge is 0.497 e. The molecule has 0 aliphatic carbocycles. The summed E-state index contributed by atoms with van der Waals surface area (Å²) in [5, 5.41) is 17.9. The van der Waals surface area contributed by atoms with Crippen LogP contribution in [0.2, 0.25) is 0 Å². The summed E-state index contributed by atoms with van der Waals surface area (Å²) in [4.78, 5) is 22.8. The molecule has 2 aromatic rings. The fourth-order valence-corrected chi connectivity index (χ4v) is 2.49. The molecule has 0 unspecified atom stereocenters. The highest BCUT2D eigenvalue weighted by molar-refractivity contribution is 5.95. The minimum Gasteiger partial charge on any atom is -0.497 e. The highest BCUT2D eigenvalue weighted by atomic mass is 16.6. The van der Waals surface area contributed by atoms with E-state index in [2.05, 4.69) is 10.4 Å². The van der Waals surface area contributed by atoms with Gasteiger partial charge in [0.25, 0.3) is 5.91 Å². The Labute approximate surface area is 144 Å². The summed E-state index contributed by atoms with van der Waals surface area (Å²) >= 11 is 0. The van der Waals surface area contributed by atoms with Crippen LogP contribution in [0.25, 0.3) is 0 Å². The predicted molar refractivity (Wildman–Crippen MR) is 90.2 cm³/mol. The van der Waals surface area contributed by atoms with Crippen LogP contribution >= 0.6 is 0 Å². The van der Waals surface area contributed by atoms with Crippen LogP contribution in [0.15, 0.2) is 18.2 Å². The number of aromatic nitrogens is 2. The number of ether oxygens (including phenoxy) is 2. The highest BCUT2D eigenvalue weighted by Crippen LogP contribution is 2.23. The zero-order chi connectivity index (χ0) is 18.6. The van der Waals surface area contributed by atoms with E-state index in [1.807, 2.05) is 0 Å². The number of amides is 1. The van der Waals surface area contributed by atoms with E-state index in [-0.39, 0.29) is 18.1 Å². The minimum absolute atomic E-state index is 0.00357. The molecule has 0 bridgehead atoms. The van der Waals surface area contributed by atoms with Crippen LogP contribution in [0, 0.1) is 24.0 Å². The van der Waals surface area contributed by atoms with Gasteiger partial charge >= 0.3 is 5.69 Å². The van der Waals surface area contributed by atoms with Gasteiger partial charge < -0.3 is 14.8 Å². The van der Waals surface area contributed by atoms with Gasteiger partial charge in [0.1, 0.15) is 22.9 Å². The molecule has 1 aromatic heterocycles. The van der Waals surface area contributed by atoms with E-state index in [9.17, 15) is 14.9 Å². The van der Waals surface area contributed by atoms with E-state index < -0.39 is 4.92 Å². The Hall–Kier alpha value is -3.10. The molecule has 0 aliphatic heterocycles. The molecule has 25 heavy (non-hydrogen) atoms. The molecule has 0 spiro atoms. The molecular formula is C16H20N4O5. The smallest absolute Gasteiger partial charge is 0.312 e. The summed E-state index contributed by atoms with van der Waals surface area (Å²) in [6, 6.07) is 4.88. The zero-order valence-electron chi connectivity index (χ0n) is 14.5. The Morgan fingerprint density at radius 2 is 1.84 bits per heavy atom. The maximum atomic E-state index is 12.3. The van der Waals surface area contributed by atoms with E-state index in [0.29, 0.717) is 35.0 Å². The van der Waals surface area contributed by atoms with Crippen molar-refractivity contribution in [3.63, 3.8) is 0 Å². The van der Waals surface area contributed by atoms with Gasteiger partial charge in [0.05, 0.1) is 25.7 Å². The number of carbonyl (C=O) groups excluding carboxylic acids is 1. The van der Waals surface area contributed by atoms with Gasteiger partial charge in [-0.1, -0.05) is 0 Å². The van der Waals surface area contributed by atoms with Gasteiger partial charge in [0, 0.05) is 18.2 Å². The predicted octanol–water partition coefficient (Wildman–Crippen LogP) is 1.86. The second kappa shape index (κ2) is 7.65. The van der Waals surface area contributed by atoms with E-state index in [1.54, 1.807) is 32.0 Å². The third-order valence-corrected chi connectivity index (χ3v) is 3.75. The fourth-order valence-electron chi connectivity index (χ4n) is 2.49. The van der Waals surface area contributed by atoms with E-state index >= 15 is 0 Å². The van der Waals surface area contributed by atoms with Gasteiger partial charge in [-0.25, -0.2) is 0 Å². The van der Waals surface area contributed by atoms with Crippen molar-refractivity contribution < 1.29 is 19.2 Å². The van der Waals surface area contributed by atoms with Crippen LogP contribution < -0.4 is 14.8 Å². The number of methoxy groups -OCH3 is 2. The molecule has 134 valence electrons. The number of carbonyl (C=O) groups is 1. The van der Waals surface area contributed by atoms with Gasteiger partial charge in [0.2, 0.25) is 0 Å². The van der Waals surface area contributed by atoms with Crippen LogP contribution in [0.1, 0.15) is 21.7 Å². The molecule has 2 rings (SSSR count). The second-order valence-electron chi connectivity index (χ2n) is 5.36. The Kier molecular flexibility index (Phi) is 5.58. The van der Waals surface area contributed by atoms with E-state index in [0.717, 1.165) is 0 Å². The van der Waals surface area contributed by atoms with Crippen LogP contribution in [0.3, 0.4) is 0 Å².